The van der Waals surface area contributed by atoms with E-state index in [-0.39, 0.29) is 61.8 Å². The number of carbonyl (C=O) groups is 11. The third kappa shape index (κ3) is 22.6. The minimum absolute atomic E-state index is 0.000857. The first-order valence-electron chi connectivity index (χ1n) is 27.8. The zero-order chi connectivity index (χ0) is 64.7. The Morgan fingerprint density at radius 1 is 0.655 bits per heavy atom. The first-order valence-corrected chi connectivity index (χ1v) is 27.8. The molecule has 0 aliphatic rings. The van der Waals surface area contributed by atoms with E-state index < -0.39 is 138 Å². The summed E-state index contributed by atoms with van der Waals surface area (Å²) in [6.07, 6.45) is -1.45. The van der Waals surface area contributed by atoms with E-state index in [0.29, 0.717) is 11.1 Å². The summed E-state index contributed by atoms with van der Waals surface area (Å²) in [7, 11) is 1.53. The second-order valence-corrected chi connectivity index (χ2v) is 21.6. The van der Waals surface area contributed by atoms with E-state index in [9.17, 15) is 63.0 Å². The number of nitrogens with two attached hydrogens (primary N) is 2. The Morgan fingerprint density at radius 3 is 1.87 bits per heavy atom. The van der Waals surface area contributed by atoms with Gasteiger partial charge in [-0.05, 0) is 86.9 Å². The molecule has 0 spiro atoms. The van der Waals surface area contributed by atoms with Crippen LogP contribution in [0, 0.1) is 17.1 Å². The molecule has 30 heteroatoms. The number of benzene rings is 3. The van der Waals surface area contributed by atoms with Crippen molar-refractivity contribution in [1.29, 1.82) is 5.41 Å². The lowest BCUT2D eigenvalue weighted by molar-refractivity contribution is -0.138. The number of rotatable bonds is 31. The SMILES string of the molecule is CNC(=N)NCCC[C@H](NC(=O)[C@H](CC(C)C)NC(=O)NNC(=O)[C@H](Cc1ccccc1F)NC(=O)C(NC(=O)[C@H](CC(N)=O)NC(=O)C(C)(C)NC(=O)[C@@H](Cc1ccc(O)cc1)NC(C)=O)[C@@H](C)O)C(=O)N[C@@H](Cc1c[nH]c2ccccc12)C(N)=O. The predicted molar refractivity (Wildman–Crippen MR) is 315 cm³/mol. The Hall–Kier alpha value is -9.87. The molecule has 472 valence electrons. The summed E-state index contributed by atoms with van der Waals surface area (Å²) in [4.78, 5) is 151. The number of aliphatic hydroxyl groups is 1. The number of aliphatic hydroxyl groups excluding tert-OH is 1. The van der Waals surface area contributed by atoms with Crippen LogP contribution in [-0.2, 0) is 67.2 Å². The highest BCUT2D eigenvalue weighted by molar-refractivity contribution is 6.00. The number of hydrogen-bond donors (Lipinski definition) is 18. The van der Waals surface area contributed by atoms with Crippen LogP contribution >= 0.6 is 0 Å². The van der Waals surface area contributed by atoms with Gasteiger partial charge in [-0.25, -0.2) is 14.6 Å². The van der Waals surface area contributed by atoms with E-state index in [1.807, 2.05) is 18.2 Å². The number of urea groups is 1. The Labute approximate surface area is 500 Å². The molecule has 1 heterocycles. The normalized spacial score (nSPS) is 13.9. The maximum Gasteiger partial charge on any atom is 0.334 e. The van der Waals surface area contributed by atoms with Gasteiger partial charge in [0.1, 0.15) is 59.4 Å². The van der Waals surface area contributed by atoms with Crippen LogP contribution in [0.1, 0.15) is 83.9 Å². The number of para-hydroxylation sites is 1. The van der Waals surface area contributed by atoms with Crippen molar-refractivity contribution >= 4 is 82.0 Å². The van der Waals surface area contributed by atoms with Gasteiger partial charge in [0, 0.05) is 56.9 Å². The third-order valence-electron chi connectivity index (χ3n) is 13.4. The molecule has 0 bridgehead atoms. The second-order valence-electron chi connectivity index (χ2n) is 21.6. The van der Waals surface area contributed by atoms with E-state index in [4.69, 9.17) is 16.9 Å². The molecule has 1 unspecified atom stereocenters. The summed E-state index contributed by atoms with van der Waals surface area (Å²) < 4.78 is 15.1. The fourth-order valence-electron chi connectivity index (χ4n) is 8.80. The number of hydrazine groups is 1. The molecule has 8 atom stereocenters. The van der Waals surface area contributed by atoms with Crippen LogP contribution in [0.3, 0.4) is 0 Å². The number of amides is 12. The molecule has 0 saturated heterocycles. The average Bonchev–Trinajstić information content (AvgIpc) is 2.82. The fraction of sp³-hybridized carbons (Fsp3) is 0.439. The van der Waals surface area contributed by atoms with E-state index >= 15 is 4.39 Å². The van der Waals surface area contributed by atoms with E-state index in [0.717, 1.165) is 23.9 Å². The zero-order valence-electron chi connectivity index (χ0n) is 49.3. The summed E-state index contributed by atoms with van der Waals surface area (Å²) in [5, 5.41) is 54.1. The molecule has 0 aliphatic heterocycles. The van der Waals surface area contributed by atoms with Crippen LogP contribution in [0.25, 0.3) is 10.9 Å². The number of phenolic OH excluding ortho intramolecular Hbond substituents is 1. The maximum absolute atomic E-state index is 15.1. The first kappa shape index (κ1) is 69.6. The summed E-state index contributed by atoms with van der Waals surface area (Å²) in [5.41, 5.74) is 15.4. The lowest BCUT2D eigenvalue weighted by atomic mass is 9.99. The third-order valence-corrected chi connectivity index (χ3v) is 13.4. The van der Waals surface area contributed by atoms with Crippen molar-refractivity contribution in [3.63, 3.8) is 0 Å². The quantitative estimate of drug-likeness (QED) is 0.0111. The molecule has 4 aromatic rings. The number of primary amides is 2. The van der Waals surface area contributed by atoms with Gasteiger partial charge in [0.15, 0.2) is 5.96 Å². The Bertz CT molecular complexity index is 3120. The van der Waals surface area contributed by atoms with Crippen molar-refractivity contribution in [3.8, 4) is 5.75 Å². The number of carbonyl (C=O) groups excluding carboxylic acids is 11. The van der Waals surface area contributed by atoms with Crippen LogP contribution in [0.15, 0.2) is 79.0 Å². The fourth-order valence-corrected chi connectivity index (χ4v) is 8.80. The number of aromatic amines is 1. The summed E-state index contributed by atoms with van der Waals surface area (Å²) in [6.45, 7) is 8.40. The number of aromatic nitrogens is 1. The summed E-state index contributed by atoms with van der Waals surface area (Å²) in [5.74, 6) is -10.9. The Kier molecular flexibility index (Phi) is 26.4. The molecule has 0 aliphatic carbocycles. The Balaban J connectivity index is 1.49. The first-order chi connectivity index (χ1) is 41.0. The molecule has 20 N–H and O–H groups in total. The number of phenols is 1. The predicted octanol–water partition coefficient (Wildman–Crippen LogP) is -2.13. The van der Waals surface area contributed by atoms with Crippen LogP contribution in [0.2, 0.25) is 0 Å². The highest BCUT2D eigenvalue weighted by atomic mass is 19.1. The average molecular weight is 1220 g/mol. The van der Waals surface area contributed by atoms with E-state index in [2.05, 4.69) is 69.0 Å². The monoisotopic (exact) mass is 1210 g/mol. The zero-order valence-corrected chi connectivity index (χ0v) is 49.3. The van der Waals surface area contributed by atoms with Gasteiger partial charge in [-0.15, -0.1) is 0 Å². The van der Waals surface area contributed by atoms with E-state index in [1.54, 1.807) is 26.1 Å². The molecule has 29 nitrogen and oxygen atoms in total. The van der Waals surface area contributed by atoms with Gasteiger partial charge >= 0.3 is 6.03 Å². The largest absolute Gasteiger partial charge is 0.508 e. The molecule has 0 fully saturated rings. The number of H-pyrrole nitrogens is 1. The summed E-state index contributed by atoms with van der Waals surface area (Å²) in [6, 6.07) is 6.26. The second kappa shape index (κ2) is 33.0. The molecule has 0 radical (unpaired) electrons. The van der Waals surface area contributed by atoms with Gasteiger partial charge in [-0.2, -0.15) is 0 Å². The van der Waals surface area contributed by atoms with Gasteiger partial charge in [0.25, 0.3) is 5.91 Å². The van der Waals surface area contributed by atoms with Gasteiger partial charge < -0.3 is 79.8 Å². The number of hydrogen-bond acceptors (Lipinski definition) is 14. The van der Waals surface area contributed by atoms with Crippen molar-refractivity contribution in [2.75, 3.05) is 13.6 Å². The molecule has 4 rings (SSSR count). The molecule has 0 saturated carbocycles. The smallest absolute Gasteiger partial charge is 0.334 e. The molecule has 3 aromatic carbocycles. The van der Waals surface area contributed by atoms with Crippen LogP contribution in [0.5, 0.6) is 5.75 Å². The minimum Gasteiger partial charge on any atom is -0.508 e. The topological polar surface area (TPSA) is 464 Å². The number of aromatic hydroxyl groups is 1. The standard InChI is InChI=1S/C57H79FN16O13/c1-29(2)23-41(49(81)66-39(17-12-22-63-55(61)62-7)48(80)67-40(47(60)79)26-34-28-64-38-16-11-9-14-36(34)38)70-56(87)74-73-52(84)43(25-33-13-8-10-15-37(33)58)68-53(85)46(30(3)75)71-50(82)44(27-45(59)78)69-54(86)57(5,6)72-51(83)42(65-31(4)76)24-32-18-20-35(77)21-19-32/h8-11,13-16,18-21,28-30,39-44,46,64,75,77H,12,17,22-27H2,1-7H3,(H2,59,78)(H2,60,79)(H,65,76)(H,66,81)(H,67,80)(H,68,85)(H,69,86)(H,71,82)(H,72,83)(H,73,84)(H3,61,62,63)(H2,70,74,87)/t30-,39+,40+,41+,42-,43+,44+,46?/m1/s1. The molecule has 87 heavy (non-hydrogen) atoms. The van der Waals surface area contributed by atoms with Gasteiger partial charge in [0.2, 0.25) is 53.2 Å². The van der Waals surface area contributed by atoms with Crippen molar-refractivity contribution in [2.45, 2.75) is 140 Å². The van der Waals surface area contributed by atoms with Crippen LogP contribution in [0.4, 0.5) is 9.18 Å². The number of nitrogens with one attached hydrogen (secondary N) is 14. The highest BCUT2D eigenvalue weighted by Gasteiger charge is 2.38. The van der Waals surface area contributed by atoms with Crippen LogP contribution < -0.4 is 75.5 Å². The number of guanidine groups is 1. The van der Waals surface area contributed by atoms with Gasteiger partial charge in [-0.3, -0.25) is 58.8 Å². The van der Waals surface area contributed by atoms with Crippen molar-refractivity contribution in [2.24, 2.45) is 17.4 Å². The minimum atomic E-state index is -1.97. The van der Waals surface area contributed by atoms with Crippen molar-refractivity contribution < 1.29 is 67.3 Å². The van der Waals surface area contributed by atoms with Crippen molar-refractivity contribution in [1.82, 2.24) is 69.0 Å². The molecule has 1 aromatic heterocycles. The van der Waals surface area contributed by atoms with Crippen LogP contribution in [-0.4, -0.2) is 154 Å². The maximum atomic E-state index is 15.1. The lowest BCUT2D eigenvalue weighted by Gasteiger charge is -2.30. The molecular formula is C57H79FN16O13. The highest BCUT2D eigenvalue weighted by Crippen LogP contribution is 2.20. The van der Waals surface area contributed by atoms with Crippen molar-refractivity contribution in [3.05, 3.63) is 102 Å². The Morgan fingerprint density at radius 2 is 1.25 bits per heavy atom. The lowest BCUT2D eigenvalue weighted by Crippen LogP contribution is -2.64. The van der Waals surface area contributed by atoms with E-state index in [1.165, 1.54) is 70.3 Å². The number of fused-ring (bicyclic) bond motifs is 1. The summed E-state index contributed by atoms with van der Waals surface area (Å²) >= 11 is 0. The number of halogens is 1. The molecule has 12 amide bonds. The van der Waals surface area contributed by atoms with Gasteiger partial charge in [0.05, 0.1) is 12.5 Å². The molecular weight excluding hydrogens is 1140 g/mol. The van der Waals surface area contributed by atoms with Gasteiger partial charge in [-0.1, -0.05) is 62.4 Å².